The first-order valence-electron chi connectivity index (χ1n) is 7.85. The number of nitrogens with one attached hydrogen (secondary N) is 1. The SMILES string of the molecule is COc1coc(C(=O)Nc2ccc3c(c2)nc(C(C)C)n3C)cc1=O. The molecule has 3 rings (SSSR count). The lowest BCUT2D eigenvalue weighted by molar-refractivity contribution is 0.0993. The molecule has 0 atom stereocenters. The molecule has 1 amide bonds. The van der Waals surface area contributed by atoms with Crippen LogP contribution in [-0.2, 0) is 7.05 Å². The quantitative estimate of drug-likeness (QED) is 0.788. The maximum absolute atomic E-state index is 12.3. The highest BCUT2D eigenvalue weighted by Crippen LogP contribution is 2.23. The molecule has 0 saturated carbocycles. The molecule has 25 heavy (non-hydrogen) atoms. The van der Waals surface area contributed by atoms with Gasteiger partial charge in [0.1, 0.15) is 12.1 Å². The van der Waals surface area contributed by atoms with E-state index in [-0.39, 0.29) is 11.5 Å². The van der Waals surface area contributed by atoms with Crippen molar-refractivity contribution in [3.05, 3.63) is 52.3 Å². The van der Waals surface area contributed by atoms with Gasteiger partial charge >= 0.3 is 0 Å². The maximum atomic E-state index is 12.3. The largest absolute Gasteiger partial charge is 0.490 e. The summed E-state index contributed by atoms with van der Waals surface area (Å²) in [6, 6.07) is 6.58. The first kappa shape index (κ1) is 16.8. The van der Waals surface area contributed by atoms with Gasteiger partial charge < -0.3 is 19.0 Å². The Balaban J connectivity index is 1.88. The molecule has 0 aliphatic heterocycles. The Bertz CT molecular complexity index is 1000. The predicted octanol–water partition coefficient (Wildman–Crippen LogP) is 2.91. The Hall–Kier alpha value is -3.09. The molecule has 7 heteroatoms. The van der Waals surface area contributed by atoms with Crippen LogP contribution in [0.5, 0.6) is 5.75 Å². The number of aryl methyl sites for hydroxylation is 1. The number of anilines is 1. The van der Waals surface area contributed by atoms with E-state index in [0.717, 1.165) is 29.2 Å². The average Bonchev–Trinajstić information content (AvgIpc) is 2.91. The molecule has 0 spiro atoms. The highest BCUT2D eigenvalue weighted by atomic mass is 16.5. The third-order valence-corrected chi connectivity index (χ3v) is 3.93. The number of aromatic nitrogens is 2. The van der Waals surface area contributed by atoms with Crippen LogP contribution in [0.1, 0.15) is 36.1 Å². The molecule has 0 saturated heterocycles. The molecule has 7 nitrogen and oxygen atoms in total. The zero-order valence-electron chi connectivity index (χ0n) is 14.5. The maximum Gasteiger partial charge on any atom is 0.291 e. The minimum absolute atomic E-state index is 0.0488. The second-order valence-electron chi connectivity index (χ2n) is 6.02. The monoisotopic (exact) mass is 341 g/mol. The number of carbonyl (C=O) groups excluding carboxylic acids is 1. The Morgan fingerprint density at radius 1 is 1.32 bits per heavy atom. The normalized spacial score (nSPS) is 11.1. The Morgan fingerprint density at radius 2 is 2.08 bits per heavy atom. The number of hydrogen-bond acceptors (Lipinski definition) is 5. The zero-order chi connectivity index (χ0) is 18.1. The summed E-state index contributed by atoms with van der Waals surface area (Å²) >= 11 is 0. The summed E-state index contributed by atoms with van der Waals surface area (Å²) in [4.78, 5) is 28.6. The molecule has 3 aromatic rings. The number of methoxy groups -OCH3 is 1. The van der Waals surface area contributed by atoms with E-state index < -0.39 is 11.3 Å². The van der Waals surface area contributed by atoms with Crippen LogP contribution in [0, 0.1) is 0 Å². The van der Waals surface area contributed by atoms with Crippen molar-refractivity contribution in [2.24, 2.45) is 7.05 Å². The van der Waals surface area contributed by atoms with E-state index in [1.165, 1.54) is 7.11 Å². The van der Waals surface area contributed by atoms with Crippen molar-refractivity contribution in [2.45, 2.75) is 19.8 Å². The zero-order valence-corrected chi connectivity index (χ0v) is 14.5. The summed E-state index contributed by atoms with van der Waals surface area (Å²) in [5.41, 5.74) is 1.93. The highest BCUT2D eigenvalue weighted by Gasteiger charge is 2.14. The molecular formula is C18H19N3O4. The molecule has 0 unspecified atom stereocenters. The first-order valence-corrected chi connectivity index (χ1v) is 7.85. The lowest BCUT2D eigenvalue weighted by Gasteiger charge is -2.06. The van der Waals surface area contributed by atoms with Crippen LogP contribution < -0.4 is 15.5 Å². The van der Waals surface area contributed by atoms with Crippen LogP contribution in [0.2, 0.25) is 0 Å². The fraction of sp³-hybridized carbons (Fsp3) is 0.278. The number of fused-ring (bicyclic) bond motifs is 1. The van der Waals surface area contributed by atoms with E-state index in [1.54, 1.807) is 12.1 Å². The Kier molecular flexibility index (Phi) is 4.31. The summed E-state index contributed by atoms with van der Waals surface area (Å²) in [5.74, 6) is 0.713. The van der Waals surface area contributed by atoms with Crippen molar-refractivity contribution in [3.8, 4) is 5.75 Å². The molecule has 1 N–H and O–H groups in total. The molecule has 0 bridgehead atoms. The first-order chi connectivity index (χ1) is 11.9. The van der Waals surface area contributed by atoms with Gasteiger partial charge in [-0.05, 0) is 18.2 Å². The molecule has 1 aromatic carbocycles. The van der Waals surface area contributed by atoms with Gasteiger partial charge in [0.15, 0.2) is 5.76 Å². The highest BCUT2D eigenvalue weighted by molar-refractivity contribution is 6.03. The van der Waals surface area contributed by atoms with Crippen molar-refractivity contribution < 1.29 is 13.9 Å². The molecule has 0 radical (unpaired) electrons. The van der Waals surface area contributed by atoms with E-state index in [9.17, 15) is 9.59 Å². The Labute approximate surface area is 144 Å². The van der Waals surface area contributed by atoms with Gasteiger partial charge in [-0.15, -0.1) is 0 Å². The second kappa shape index (κ2) is 6.43. The van der Waals surface area contributed by atoms with Crippen molar-refractivity contribution in [1.29, 1.82) is 0 Å². The molecule has 2 aromatic heterocycles. The van der Waals surface area contributed by atoms with Gasteiger partial charge in [0.05, 0.1) is 18.1 Å². The van der Waals surface area contributed by atoms with Gasteiger partial charge in [0.25, 0.3) is 5.91 Å². The van der Waals surface area contributed by atoms with Crippen LogP contribution in [0.15, 0.2) is 39.7 Å². The van der Waals surface area contributed by atoms with Gasteiger partial charge in [0.2, 0.25) is 11.2 Å². The molecule has 0 aliphatic rings. The van der Waals surface area contributed by atoms with E-state index in [2.05, 4.69) is 24.1 Å². The number of nitrogens with zero attached hydrogens (tertiary/aromatic N) is 2. The third kappa shape index (κ3) is 3.13. The van der Waals surface area contributed by atoms with E-state index in [4.69, 9.17) is 9.15 Å². The lowest BCUT2D eigenvalue weighted by atomic mass is 10.2. The Morgan fingerprint density at radius 3 is 2.72 bits per heavy atom. The summed E-state index contributed by atoms with van der Waals surface area (Å²) < 4.78 is 12.0. The summed E-state index contributed by atoms with van der Waals surface area (Å²) in [6.45, 7) is 4.16. The average molecular weight is 341 g/mol. The van der Waals surface area contributed by atoms with Crippen molar-refractivity contribution >= 4 is 22.6 Å². The lowest BCUT2D eigenvalue weighted by Crippen LogP contribution is -2.15. The van der Waals surface area contributed by atoms with Gasteiger partial charge in [-0.3, -0.25) is 9.59 Å². The molecule has 0 fully saturated rings. The number of carbonyl (C=O) groups is 1. The van der Waals surface area contributed by atoms with Crippen LogP contribution >= 0.6 is 0 Å². The van der Waals surface area contributed by atoms with Gasteiger partial charge in [-0.1, -0.05) is 13.8 Å². The van der Waals surface area contributed by atoms with Crippen LogP contribution in [0.4, 0.5) is 5.69 Å². The van der Waals surface area contributed by atoms with E-state index in [1.807, 2.05) is 17.7 Å². The molecule has 130 valence electrons. The molecular weight excluding hydrogens is 322 g/mol. The molecule has 2 heterocycles. The number of amides is 1. The smallest absolute Gasteiger partial charge is 0.291 e. The van der Waals surface area contributed by atoms with Crippen molar-refractivity contribution in [2.75, 3.05) is 12.4 Å². The van der Waals surface area contributed by atoms with Crippen LogP contribution in [0.3, 0.4) is 0 Å². The van der Waals surface area contributed by atoms with Crippen molar-refractivity contribution in [3.63, 3.8) is 0 Å². The molecule has 0 aliphatic carbocycles. The number of benzene rings is 1. The third-order valence-electron chi connectivity index (χ3n) is 3.93. The van der Waals surface area contributed by atoms with E-state index in [0.29, 0.717) is 11.6 Å². The topological polar surface area (TPSA) is 86.4 Å². The van der Waals surface area contributed by atoms with E-state index >= 15 is 0 Å². The van der Waals surface area contributed by atoms with Gasteiger partial charge in [-0.2, -0.15) is 0 Å². The van der Waals surface area contributed by atoms with Crippen molar-refractivity contribution in [1.82, 2.24) is 9.55 Å². The fourth-order valence-corrected chi connectivity index (χ4v) is 2.67. The standard InChI is InChI=1S/C18H19N3O4/c1-10(2)17-20-12-7-11(5-6-13(12)21(17)3)19-18(23)15-8-14(22)16(24-4)9-25-15/h5-10H,1-4H3,(H,19,23). The minimum Gasteiger partial charge on any atom is -0.490 e. The fourth-order valence-electron chi connectivity index (χ4n) is 2.67. The summed E-state index contributed by atoms with van der Waals surface area (Å²) in [7, 11) is 3.33. The number of ether oxygens (including phenoxy) is 1. The number of hydrogen-bond donors (Lipinski definition) is 1. The number of rotatable bonds is 4. The van der Waals surface area contributed by atoms with Crippen LogP contribution in [0.25, 0.3) is 11.0 Å². The van der Waals surface area contributed by atoms with Gasteiger partial charge in [-0.25, -0.2) is 4.98 Å². The second-order valence-corrected chi connectivity index (χ2v) is 6.02. The predicted molar refractivity (Wildman–Crippen MR) is 94.3 cm³/mol. The summed E-state index contributed by atoms with van der Waals surface area (Å²) in [6.07, 6.45) is 1.12. The number of imidazole rings is 1. The van der Waals surface area contributed by atoms with Gasteiger partial charge in [0, 0.05) is 24.7 Å². The van der Waals surface area contributed by atoms with Crippen LogP contribution in [-0.4, -0.2) is 22.6 Å². The minimum atomic E-state index is -0.515. The summed E-state index contributed by atoms with van der Waals surface area (Å²) in [5, 5.41) is 2.71.